The highest BCUT2D eigenvalue weighted by atomic mass is 16.5. The van der Waals surface area contributed by atoms with Crippen molar-refractivity contribution in [2.75, 3.05) is 44.8 Å². The monoisotopic (exact) mass is 356 g/mol. The molecule has 26 heavy (non-hydrogen) atoms. The topological polar surface area (TPSA) is 69.5 Å². The van der Waals surface area contributed by atoms with Crippen LogP contribution < -0.4 is 4.90 Å². The van der Waals surface area contributed by atoms with E-state index in [0.29, 0.717) is 31.2 Å². The molecule has 2 aliphatic rings. The molecule has 0 radical (unpaired) electrons. The third kappa shape index (κ3) is 3.41. The summed E-state index contributed by atoms with van der Waals surface area (Å²) < 4.78 is 5.15. The van der Waals surface area contributed by atoms with Gasteiger partial charge in [-0.2, -0.15) is 5.26 Å². The van der Waals surface area contributed by atoms with Crippen LogP contribution in [0, 0.1) is 16.7 Å². The molecule has 3 heterocycles. The Balaban J connectivity index is 1.83. The van der Waals surface area contributed by atoms with Crippen LogP contribution in [0.1, 0.15) is 50.3 Å². The van der Waals surface area contributed by atoms with Crippen LogP contribution in [0.5, 0.6) is 0 Å². The summed E-state index contributed by atoms with van der Waals surface area (Å²) in [5, 5.41) is 9.50. The lowest BCUT2D eigenvalue weighted by molar-refractivity contribution is -0.145. The average molecular weight is 356 g/mol. The number of rotatable bonds is 5. The van der Waals surface area contributed by atoms with E-state index < -0.39 is 0 Å². The summed E-state index contributed by atoms with van der Waals surface area (Å²) in [7, 11) is 1.66. The van der Waals surface area contributed by atoms with E-state index in [4.69, 9.17) is 9.72 Å². The summed E-state index contributed by atoms with van der Waals surface area (Å²) in [6, 6.07) is 6.05. The van der Waals surface area contributed by atoms with Crippen molar-refractivity contribution in [2.45, 2.75) is 39.0 Å². The number of carbonyl (C=O) groups is 1. The number of anilines is 1. The third-order valence-corrected chi connectivity index (χ3v) is 5.65. The number of hydrogen-bond acceptors (Lipinski definition) is 5. The number of likely N-dealkylation sites (tertiary alicyclic amines) is 1. The Kier molecular flexibility index (Phi) is 5.47. The molecule has 2 saturated heterocycles. The summed E-state index contributed by atoms with van der Waals surface area (Å²) in [6.07, 6.45) is 2.76. The highest BCUT2D eigenvalue weighted by Gasteiger charge is 2.48. The fraction of sp³-hybridized carbons (Fsp3) is 0.650. The van der Waals surface area contributed by atoms with Crippen LogP contribution in [0.15, 0.2) is 12.1 Å². The molecule has 140 valence electrons. The van der Waals surface area contributed by atoms with E-state index in [1.807, 2.05) is 17.0 Å². The molecule has 0 aliphatic carbocycles. The summed E-state index contributed by atoms with van der Waals surface area (Å²) >= 11 is 0. The quantitative estimate of drug-likeness (QED) is 0.811. The molecule has 1 spiro atoms. The molecule has 1 atom stereocenters. The van der Waals surface area contributed by atoms with E-state index in [1.54, 1.807) is 7.11 Å². The highest BCUT2D eigenvalue weighted by molar-refractivity contribution is 5.85. The van der Waals surface area contributed by atoms with Gasteiger partial charge < -0.3 is 14.5 Å². The van der Waals surface area contributed by atoms with Gasteiger partial charge in [0.2, 0.25) is 5.91 Å². The minimum Gasteiger partial charge on any atom is -0.383 e. The Bertz CT molecular complexity index is 712. The lowest BCUT2D eigenvalue weighted by Crippen LogP contribution is -2.51. The third-order valence-electron chi connectivity index (χ3n) is 5.65. The Hall–Kier alpha value is -2.13. The summed E-state index contributed by atoms with van der Waals surface area (Å²) in [6.45, 7) is 7.66. The molecule has 3 rings (SSSR count). The molecular formula is C20H28N4O2. The number of methoxy groups -OCH3 is 1. The SMILES string of the molecule is COCCN1CCC[C@@]2(CCN(c3nc(C(C)C)ccc3C#N)C2)C1=O. The van der Waals surface area contributed by atoms with Gasteiger partial charge in [-0.1, -0.05) is 13.8 Å². The van der Waals surface area contributed by atoms with Crippen molar-refractivity contribution >= 4 is 11.7 Å². The zero-order chi connectivity index (χ0) is 18.7. The number of amides is 1. The second-order valence-corrected chi connectivity index (χ2v) is 7.71. The van der Waals surface area contributed by atoms with Crippen LogP contribution in [0.25, 0.3) is 0 Å². The number of hydrogen-bond donors (Lipinski definition) is 0. The van der Waals surface area contributed by atoms with Crippen molar-refractivity contribution in [1.82, 2.24) is 9.88 Å². The van der Waals surface area contributed by atoms with E-state index in [2.05, 4.69) is 24.8 Å². The van der Waals surface area contributed by atoms with E-state index in [-0.39, 0.29) is 11.3 Å². The first-order valence-corrected chi connectivity index (χ1v) is 9.45. The Morgan fingerprint density at radius 2 is 2.15 bits per heavy atom. The van der Waals surface area contributed by atoms with Gasteiger partial charge in [0.15, 0.2) is 0 Å². The minimum absolute atomic E-state index is 0.238. The van der Waals surface area contributed by atoms with Gasteiger partial charge in [-0.3, -0.25) is 4.79 Å². The number of nitrogens with zero attached hydrogens (tertiary/aromatic N) is 4. The van der Waals surface area contributed by atoms with Gasteiger partial charge >= 0.3 is 0 Å². The highest BCUT2D eigenvalue weighted by Crippen LogP contribution is 2.42. The van der Waals surface area contributed by atoms with Crippen molar-refractivity contribution in [1.29, 1.82) is 5.26 Å². The fourth-order valence-electron chi connectivity index (χ4n) is 4.11. The Morgan fingerprint density at radius 3 is 2.85 bits per heavy atom. The predicted molar refractivity (Wildman–Crippen MR) is 100.0 cm³/mol. The van der Waals surface area contributed by atoms with Crippen LogP contribution >= 0.6 is 0 Å². The summed E-state index contributed by atoms with van der Waals surface area (Å²) in [5.41, 5.74) is 1.23. The van der Waals surface area contributed by atoms with Gasteiger partial charge in [-0.05, 0) is 37.3 Å². The maximum atomic E-state index is 13.1. The van der Waals surface area contributed by atoms with Crippen molar-refractivity contribution < 1.29 is 9.53 Å². The van der Waals surface area contributed by atoms with Gasteiger partial charge in [0, 0.05) is 39.0 Å². The van der Waals surface area contributed by atoms with Crippen molar-refractivity contribution in [2.24, 2.45) is 5.41 Å². The molecule has 6 nitrogen and oxygen atoms in total. The van der Waals surface area contributed by atoms with Gasteiger partial charge in [-0.15, -0.1) is 0 Å². The molecule has 1 aromatic rings. The number of ether oxygens (including phenoxy) is 1. The molecule has 0 saturated carbocycles. The van der Waals surface area contributed by atoms with E-state index >= 15 is 0 Å². The van der Waals surface area contributed by atoms with Crippen molar-refractivity contribution in [3.8, 4) is 6.07 Å². The number of nitriles is 1. The zero-order valence-electron chi connectivity index (χ0n) is 16.0. The van der Waals surface area contributed by atoms with Crippen LogP contribution in [0.3, 0.4) is 0 Å². The second kappa shape index (κ2) is 7.63. The predicted octanol–water partition coefficient (Wildman–Crippen LogP) is 2.54. The molecule has 1 amide bonds. The maximum Gasteiger partial charge on any atom is 0.230 e. The van der Waals surface area contributed by atoms with E-state index in [1.165, 1.54) is 0 Å². The average Bonchev–Trinajstić information content (AvgIpc) is 3.07. The molecule has 6 heteroatoms. The van der Waals surface area contributed by atoms with Gasteiger partial charge in [-0.25, -0.2) is 4.98 Å². The molecule has 0 aromatic carbocycles. The normalized spacial score (nSPS) is 23.1. The molecule has 0 N–H and O–H groups in total. The van der Waals surface area contributed by atoms with Crippen LogP contribution in [-0.2, 0) is 9.53 Å². The largest absolute Gasteiger partial charge is 0.383 e. The lowest BCUT2D eigenvalue weighted by Gasteiger charge is -2.39. The standard InChI is InChI=1S/C20H28N4O2/c1-15(2)17-6-5-16(13-21)18(22-17)24-10-8-20(14-24)7-4-9-23(19(20)25)11-12-26-3/h5-6,15H,4,7-12,14H2,1-3H3/t20-/m0/s1. The lowest BCUT2D eigenvalue weighted by atomic mass is 9.78. The van der Waals surface area contributed by atoms with Gasteiger partial charge in [0.1, 0.15) is 11.9 Å². The number of carbonyl (C=O) groups excluding carboxylic acids is 1. The smallest absolute Gasteiger partial charge is 0.230 e. The Labute approximate surface area is 155 Å². The maximum absolute atomic E-state index is 13.1. The van der Waals surface area contributed by atoms with E-state index in [0.717, 1.165) is 43.9 Å². The van der Waals surface area contributed by atoms with Crippen molar-refractivity contribution in [3.63, 3.8) is 0 Å². The second-order valence-electron chi connectivity index (χ2n) is 7.71. The number of pyridine rings is 1. The number of aromatic nitrogens is 1. The molecule has 0 bridgehead atoms. The first-order valence-electron chi connectivity index (χ1n) is 9.45. The molecular weight excluding hydrogens is 328 g/mol. The van der Waals surface area contributed by atoms with Gasteiger partial charge in [0.05, 0.1) is 17.6 Å². The first kappa shape index (κ1) is 18.7. The first-order chi connectivity index (χ1) is 12.5. The van der Waals surface area contributed by atoms with E-state index in [9.17, 15) is 10.1 Å². The summed E-state index contributed by atoms with van der Waals surface area (Å²) in [5.74, 6) is 1.28. The van der Waals surface area contributed by atoms with Crippen LogP contribution in [-0.4, -0.2) is 55.7 Å². The molecule has 1 aromatic heterocycles. The van der Waals surface area contributed by atoms with Crippen molar-refractivity contribution in [3.05, 3.63) is 23.4 Å². The van der Waals surface area contributed by atoms with Gasteiger partial charge in [0.25, 0.3) is 0 Å². The Morgan fingerprint density at radius 1 is 1.35 bits per heavy atom. The van der Waals surface area contributed by atoms with Crippen LogP contribution in [0.2, 0.25) is 0 Å². The minimum atomic E-state index is -0.339. The fourth-order valence-corrected chi connectivity index (χ4v) is 4.11. The summed E-state index contributed by atoms with van der Waals surface area (Å²) in [4.78, 5) is 22.0. The molecule has 2 fully saturated rings. The molecule has 2 aliphatic heterocycles. The molecule has 0 unspecified atom stereocenters. The van der Waals surface area contributed by atoms with Crippen LogP contribution in [0.4, 0.5) is 5.82 Å². The zero-order valence-corrected chi connectivity index (χ0v) is 16.0. The number of piperidine rings is 1.